The minimum atomic E-state index is -0.562. The van der Waals surface area contributed by atoms with Crippen LogP contribution in [0.3, 0.4) is 0 Å². The number of aromatic amines is 3. The number of nitro benzene ring substituents is 2. The monoisotopic (exact) mass is 1090 g/mol. The molecule has 0 spiro atoms. The number of halogens is 1. The Hall–Kier alpha value is -6.46. The first kappa shape index (κ1) is 58.1. The molecule has 72 heavy (non-hydrogen) atoms. The number of H-pyrrole nitrogens is 3. The third-order valence-electron chi connectivity index (χ3n) is 11.4. The largest absolute Gasteiger partial charge is 0.498 e. The van der Waals surface area contributed by atoms with E-state index in [0.29, 0.717) is 5.46 Å². The molecule has 2 aliphatic heterocycles. The Morgan fingerprint density at radius 2 is 1.10 bits per heavy atom. The number of nitrogen functional groups attached to an aromatic ring is 1. The van der Waals surface area contributed by atoms with Crippen molar-refractivity contribution in [2.24, 2.45) is 0 Å². The number of nitrogens with two attached hydrogens (primary N) is 1. The molecule has 2 fully saturated rings. The van der Waals surface area contributed by atoms with Crippen LogP contribution in [0.4, 0.5) is 21.9 Å². The molecule has 0 saturated carbocycles. The van der Waals surface area contributed by atoms with E-state index in [1.807, 2.05) is 107 Å². The zero-order valence-corrected chi connectivity index (χ0v) is 44.4. The van der Waals surface area contributed by atoms with Crippen LogP contribution in [-0.4, -0.2) is 98.6 Å². The predicted molar refractivity (Wildman–Crippen MR) is 274 cm³/mol. The molecule has 21 nitrogen and oxygen atoms in total. The first-order valence-electron chi connectivity index (χ1n) is 22.1. The van der Waals surface area contributed by atoms with E-state index < -0.39 is 39.9 Å². The summed E-state index contributed by atoms with van der Waals surface area (Å²) in [4.78, 5) is 31.7. The second kappa shape index (κ2) is 24.3. The molecule has 9 rings (SSSR count). The molecule has 382 valence electrons. The van der Waals surface area contributed by atoms with E-state index in [1.165, 1.54) is 24.3 Å². The van der Waals surface area contributed by atoms with Gasteiger partial charge in [0.25, 0.3) is 11.4 Å². The average Bonchev–Trinajstić information content (AvgIpc) is 4.15. The van der Waals surface area contributed by atoms with Crippen LogP contribution in [0, 0.1) is 20.2 Å². The fourth-order valence-electron chi connectivity index (χ4n) is 6.14. The Balaban J connectivity index is 0.000000199. The van der Waals surface area contributed by atoms with Crippen molar-refractivity contribution in [1.82, 2.24) is 40.4 Å². The van der Waals surface area contributed by atoms with E-state index in [-0.39, 0.29) is 46.8 Å². The minimum Gasteiger partial charge on any atom is -0.442 e. The molecule has 0 amide bonds. The summed E-state index contributed by atoms with van der Waals surface area (Å²) in [5, 5.41) is 44.3. The number of nitrogens with one attached hydrogen (secondary N) is 3. The number of hydrogen-bond donors (Lipinski definition) is 4. The van der Waals surface area contributed by atoms with Gasteiger partial charge in [-0.1, -0.05) is 46.3 Å². The zero-order valence-electron chi connectivity index (χ0n) is 41.7. The van der Waals surface area contributed by atoms with Crippen LogP contribution in [0.2, 0.25) is 0 Å². The fourth-order valence-corrected chi connectivity index (χ4v) is 6.53. The third kappa shape index (κ3) is 16.0. The number of rotatable bonds is 6. The first-order chi connectivity index (χ1) is 33.2. The van der Waals surface area contributed by atoms with Gasteiger partial charge in [-0.25, -0.2) is 4.79 Å². The van der Waals surface area contributed by atoms with Crippen molar-refractivity contribution in [3.05, 3.63) is 147 Å². The Bertz CT molecular complexity index is 2810. The van der Waals surface area contributed by atoms with Gasteiger partial charge in [0.15, 0.2) is 0 Å². The standard InChI is InChI=1S/C14H23BN2O4.C9H15BN2O2.C9H7N3O2.C9H9N3.C6H4BrNO2.Fe/c1-12(2,3)19-11(18)17-9-10(8-16-17)15-20-13(4,5)14(6,7)21-15;1-8(2)9(3,4)14-10(13-8)7-5-11-12-6-7;13-12(14)9-3-1-2-7(4-9)8-5-10-11-6-8;10-9-3-1-2-7(4-9)8-5-11-12-6-8;7-5-2-1-3-6(4-5)8(9)10;/h8-9H,1-7H3;5-6H,1-4H3,(H,11,12);1-6H,(H,10,11);1-6H,10H2,(H,11,12);1-4H;. The Kier molecular flexibility index (Phi) is 19.6. The van der Waals surface area contributed by atoms with Crippen molar-refractivity contribution < 1.29 is 55.1 Å². The number of carbonyl (C=O) groups is 1. The van der Waals surface area contributed by atoms with E-state index in [0.717, 1.165) is 42.6 Å². The first-order valence-corrected chi connectivity index (χ1v) is 22.9. The van der Waals surface area contributed by atoms with Gasteiger partial charge in [-0.05, 0) is 105 Å². The van der Waals surface area contributed by atoms with E-state index >= 15 is 0 Å². The molecule has 25 heteroatoms. The number of nitrogens with zero attached hydrogens (tertiary/aromatic N) is 7. The van der Waals surface area contributed by atoms with E-state index in [4.69, 9.17) is 29.1 Å². The second-order valence-corrected chi connectivity index (χ2v) is 20.0. The molecule has 0 aliphatic carbocycles. The van der Waals surface area contributed by atoms with E-state index in [9.17, 15) is 25.0 Å². The van der Waals surface area contributed by atoms with Gasteiger partial charge >= 0.3 is 20.3 Å². The summed E-state index contributed by atoms with van der Waals surface area (Å²) in [5.74, 6) is 0. The number of carbonyl (C=O) groups excluding carboxylic acids is 1. The molecular weight excluding hydrogens is 1040 g/mol. The van der Waals surface area contributed by atoms with Gasteiger partial charge in [0.05, 0.1) is 44.6 Å². The summed E-state index contributed by atoms with van der Waals surface area (Å²) in [6.07, 6.45) is 13.1. The van der Waals surface area contributed by atoms with Crippen molar-refractivity contribution in [2.75, 3.05) is 5.73 Å². The summed E-state index contributed by atoms with van der Waals surface area (Å²) < 4.78 is 30.6. The van der Waals surface area contributed by atoms with Crippen molar-refractivity contribution >= 4 is 64.2 Å². The summed E-state index contributed by atoms with van der Waals surface area (Å²) >= 11 is 3.13. The van der Waals surface area contributed by atoms with Crippen molar-refractivity contribution in [3.8, 4) is 22.3 Å². The second-order valence-electron chi connectivity index (χ2n) is 19.1. The maximum atomic E-state index is 11.9. The van der Waals surface area contributed by atoms with Crippen LogP contribution in [0.25, 0.3) is 22.3 Å². The average molecular weight is 1090 g/mol. The molecule has 0 radical (unpaired) electrons. The number of aromatic nitrogens is 8. The van der Waals surface area contributed by atoms with Crippen LogP contribution in [-0.2, 0) is 40.4 Å². The van der Waals surface area contributed by atoms with E-state index in [2.05, 4.69) is 51.6 Å². The van der Waals surface area contributed by atoms with Crippen LogP contribution in [0.5, 0.6) is 0 Å². The smallest absolute Gasteiger partial charge is 0.442 e. The van der Waals surface area contributed by atoms with Gasteiger partial charge in [0, 0.05) is 111 Å². The van der Waals surface area contributed by atoms with Crippen molar-refractivity contribution in [1.29, 1.82) is 0 Å². The number of anilines is 1. The van der Waals surface area contributed by atoms with Crippen molar-refractivity contribution in [2.45, 2.75) is 104 Å². The van der Waals surface area contributed by atoms with Gasteiger partial charge in [-0.3, -0.25) is 35.5 Å². The molecule has 5 N–H and O–H groups in total. The zero-order chi connectivity index (χ0) is 52.4. The Labute approximate surface area is 436 Å². The van der Waals surface area contributed by atoms with Gasteiger partial charge < -0.3 is 29.1 Å². The number of ether oxygens (including phenoxy) is 1. The molecule has 7 aromatic rings. The number of non-ortho nitro benzene ring substituents is 2. The third-order valence-corrected chi connectivity index (χ3v) is 11.9. The van der Waals surface area contributed by atoms with Crippen LogP contribution >= 0.6 is 15.9 Å². The molecule has 6 heterocycles. The topological polar surface area (TPSA) is 279 Å². The van der Waals surface area contributed by atoms with Crippen LogP contribution in [0.1, 0.15) is 76.2 Å². The quantitative estimate of drug-likeness (QED) is 0.0524. The molecule has 4 aromatic heterocycles. The van der Waals surface area contributed by atoms with E-state index in [1.54, 1.807) is 67.6 Å². The maximum Gasteiger partial charge on any atom is 0.498 e. The molecule has 3 aromatic carbocycles. The SMILES string of the molecule is CC(C)(C)OC(=O)n1cc(B2OC(C)(C)C(C)(C)O2)cn1.CC1(C)OB(c2cn[nH]c2)OC1(C)C.Nc1cccc(-c2cn[nH]c2)c1.O=[N+]([O-])c1cccc(-c2cn[nH]c2)c1.O=[N+]([O-])c1cccc(Br)c1.[Fe]. The maximum absolute atomic E-state index is 11.9. The van der Waals surface area contributed by atoms with Gasteiger partial charge in [-0.2, -0.15) is 25.1 Å². The summed E-state index contributed by atoms with van der Waals surface area (Å²) in [6, 6.07) is 20.4. The number of nitro groups is 2. The van der Waals surface area contributed by atoms with Gasteiger partial charge in [0.1, 0.15) is 5.60 Å². The summed E-state index contributed by atoms with van der Waals surface area (Å²) in [5.41, 5.74) is 10.0. The van der Waals surface area contributed by atoms with Gasteiger partial charge in [0.2, 0.25) is 0 Å². The number of hydrogen-bond acceptors (Lipinski definition) is 15. The molecular formula is C47H58B2BrFeN11O10. The molecule has 0 bridgehead atoms. The number of benzene rings is 3. The molecule has 0 atom stereocenters. The van der Waals surface area contributed by atoms with Crippen LogP contribution < -0.4 is 16.7 Å². The Morgan fingerprint density at radius 3 is 1.51 bits per heavy atom. The molecule has 0 unspecified atom stereocenters. The molecule has 2 saturated heterocycles. The Morgan fingerprint density at radius 1 is 0.653 bits per heavy atom. The molecule has 2 aliphatic rings. The summed E-state index contributed by atoms with van der Waals surface area (Å²) in [7, 11) is -0.843. The van der Waals surface area contributed by atoms with Crippen molar-refractivity contribution in [3.63, 3.8) is 0 Å². The normalized spacial score (nSPS) is 15.6. The van der Waals surface area contributed by atoms with Gasteiger partial charge in [-0.15, -0.1) is 0 Å². The van der Waals surface area contributed by atoms with Crippen LogP contribution in [0.15, 0.2) is 127 Å². The summed E-state index contributed by atoms with van der Waals surface area (Å²) in [6.45, 7) is 21.5. The minimum absolute atomic E-state index is 0. The predicted octanol–water partition coefficient (Wildman–Crippen LogP) is 8.67. The fraction of sp³-hybridized carbons (Fsp3) is 0.340.